The molecule has 0 aliphatic carbocycles. The molecular weight excluding hydrogens is 618 g/mol. The van der Waals surface area contributed by atoms with Gasteiger partial charge in [-0.05, 0) is 70.6 Å². The van der Waals surface area contributed by atoms with Crippen molar-refractivity contribution in [1.29, 1.82) is 0 Å². The summed E-state index contributed by atoms with van der Waals surface area (Å²) >= 11 is 0. The zero-order valence-corrected chi connectivity index (χ0v) is 29.7. The third kappa shape index (κ3) is 9.04. The average molecular weight is 666 g/mol. The molecule has 0 saturated carbocycles. The number of imidazole rings is 1. The first kappa shape index (κ1) is 36.7. The number of methoxy groups -OCH3 is 1. The second-order valence-electron chi connectivity index (χ2n) is 14.0. The van der Waals surface area contributed by atoms with Crippen LogP contribution in [-0.4, -0.2) is 57.5 Å². The Bertz CT molecular complexity index is 1610. The fourth-order valence-corrected chi connectivity index (χ4v) is 5.60. The Balaban J connectivity index is 1.74. The van der Waals surface area contributed by atoms with Crippen molar-refractivity contribution in [2.24, 2.45) is 5.92 Å². The molecule has 0 aliphatic rings. The van der Waals surface area contributed by atoms with Crippen LogP contribution in [0.5, 0.6) is 0 Å². The van der Waals surface area contributed by atoms with E-state index in [1.165, 1.54) is 7.11 Å². The summed E-state index contributed by atoms with van der Waals surface area (Å²) in [5.41, 5.74) is 1.27. The lowest BCUT2D eigenvalue weighted by molar-refractivity contribution is -0.133. The summed E-state index contributed by atoms with van der Waals surface area (Å²) in [4.78, 5) is 45.1. The molecule has 0 aliphatic heterocycles. The molecular formula is C40H47N3O6. The molecule has 0 saturated heterocycles. The third-order valence-electron chi connectivity index (χ3n) is 7.67. The van der Waals surface area contributed by atoms with E-state index >= 15 is 0 Å². The van der Waals surface area contributed by atoms with Crippen molar-refractivity contribution < 1.29 is 28.6 Å². The first-order valence-corrected chi connectivity index (χ1v) is 16.4. The number of amides is 2. The highest BCUT2D eigenvalue weighted by Crippen LogP contribution is 2.41. The monoisotopic (exact) mass is 665 g/mol. The predicted octanol–water partition coefficient (Wildman–Crippen LogP) is 8.48. The van der Waals surface area contributed by atoms with Crippen molar-refractivity contribution in [1.82, 2.24) is 14.5 Å². The summed E-state index contributed by atoms with van der Waals surface area (Å²) < 4.78 is 18.3. The van der Waals surface area contributed by atoms with E-state index in [-0.39, 0.29) is 18.0 Å². The number of carbonyl (C=O) groups excluding carboxylic acids is 3. The van der Waals surface area contributed by atoms with Crippen molar-refractivity contribution in [2.75, 3.05) is 13.7 Å². The van der Waals surface area contributed by atoms with Gasteiger partial charge in [-0.15, -0.1) is 0 Å². The number of rotatable bonds is 10. The summed E-state index contributed by atoms with van der Waals surface area (Å²) in [5.74, 6) is -0.836. The Hall–Kier alpha value is -5.18. The molecule has 1 heterocycles. The molecule has 9 heteroatoms. The minimum Gasteiger partial charge on any atom is -0.465 e. The van der Waals surface area contributed by atoms with E-state index in [0.29, 0.717) is 12.1 Å². The van der Waals surface area contributed by atoms with E-state index in [4.69, 9.17) is 19.2 Å². The molecule has 0 bridgehead atoms. The molecule has 0 N–H and O–H groups in total. The standard InChI is InChI=1S/C40H47N3O6/c1-29(26-43(36(45)48-38(2,3)4)37(46)49-39(5,6)7)24-25-33(35(44)47-8)34-27-42(28-41-34)40(30-18-12-9-13-19-30,31-20-14-10-15-21-31)32-22-16-11-17-23-32/h9-23,25,27-29H,24,26H2,1-8H3/b33-25-. The number of ether oxygens (including phenoxy) is 3. The summed E-state index contributed by atoms with van der Waals surface area (Å²) in [5, 5.41) is 0. The second kappa shape index (κ2) is 15.4. The predicted molar refractivity (Wildman–Crippen MR) is 190 cm³/mol. The van der Waals surface area contributed by atoms with Gasteiger partial charge in [0.15, 0.2) is 0 Å². The highest BCUT2D eigenvalue weighted by Gasteiger charge is 2.39. The van der Waals surface area contributed by atoms with Gasteiger partial charge in [-0.1, -0.05) is 104 Å². The van der Waals surface area contributed by atoms with Crippen molar-refractivity contribution in [3.8, 4) is 0 Å². The van der Waals surface area contributed by atoms with E-state index < -0.39 is 34.9 Å². The lowest BCUT2D eigenvalue weighted by Crippen LogP contribution is -2.45. The molecule has 1 unspecified atom stereocenters. The summed E-state index contributed by atoms with van der Waals surface area (Å²) in [7, 11) is 1.32. The van der Waals surface area contributed by atoms with E-state index in [2.05, 4.69) is 36.4 Å². The number of nitrogens with zero attached hydrogens (tertiary/aromatic N) is 3. The number of carbonyl (C=O) groups is 3. The fourth-order valence-electron chi connectivity index (χ4n) is 5.60. The Morgan fingerprint density at radius 2 is 1.18 bits per heavy atom. The molecule has 0 fully saturated rings. The first-order chi connectivity index (χ1) is 23.2. The third-order valence-corrected chi connectivity index (χ3v) is 7.67. The molecule has 0 spiro atoms. The lowest BCUT2D eigenvalue weighted by atomic mass is 9.77. The van der Waals surface area contributed by atoms with Crippen LogP contribution in [0.1, 0.15) is 77.3 Å². The van der Waals surface area contributed by atoms with Gasteiger partial charge in [0.1, 0.15) is 16.7 Å². The summed E-state index contributed by atoms with van der Waals surface area (Å²) in [6, 6.07) is 30.5. The highest BCUT2D eigenvalue weighted by atomic mass is 16.6. The molecule has 258 valence electrons. The number of benzene rings is 3. The van der Waals surface area contributed by atoms with Crippen LogP contribution in [0.15, 0.2) is 110 Å². The Morgan fingerprint density at radius 1 is 0.755 bits per heavy atom. The van der Waals surface area contributed by atoms with Gasteiger partial charge in [0.2, 0.25) is 0 Å². The first-order valence-electron chi connectivity index (χ1n) is 16.4. The van der Waals surface area contributed by atoms with Gasteiger partial charge in [-0.25, -0.2) is 24.3 Å². The molecule has 9 nitrogen and oxygen atoms in total. The van der Waals surface area contributed by atoms with Gasteiger partial charge in [-0.2, -0.15) is 0 Å². The average Bonchev–Trinajstić information content (AvgIpc) is 3.53. The molecule has 1 aromatic heterocycles. The maximum atomic E-state index is 13.2. The molecule has 1 atom stereocenters. The second-order valence-corrected chi connectivity index (χ2v) is 14.0. The zero-order chi connectivity index (χ0) is 35.8. The molecule has 49 heavy (non-hydrogen) atoms. The SMILES string of the molecule is COC(=O)/C(=C\CC(C)CN(C(=O)OC(C)(C)C)C(=O)OC(C)(C)C)c1cn(C(c2ccccc2)(c2ccccc2)c2ccccc2)cn1. The number of hydrogen-bond donors (Lipinski definition) is 0. The Labute approximate surface area is 289 Å². The van der Waals surface area contributed by atoms with Crippen LogP contribution in [0, 0.1) is 5.92 Å². The largest absolute Gasteiger partial charge is 0.465 e. The van der Waals surface area contributed by atoms with Crippen LogP contribution in [-0.2, 0) is 24.5 Å². The number of aromatic nitrogens is 2. The fraction of sp³-hybridized carbons (Fsp3) is 0.350. The van der Waals surface area contributed by atoms with E-state index in [1.54, 1.807) is 53.9 Å². The van der Waals surface area contributed by atoms with Gasteiger partial charge in [-0.3, -0.25) is 0 Å². The van der Waals surface area contributed by atoms with Crippen LogP contribution in [0.25, 0.3) is 5.57 Å². The zero-order valence-electron chi connectivity index (χ0n) is 29.7. The van der Waals surface area contributed by atoms with Gasteiger partial charge >= 0.3 is 18.2 Å². The van der Waals surface area contributed by atoms with Crippen LogP contribution >= 0.6 is 0 Å². The van der Waals surface area contributed by atoms with Crippen molar-refractivity contribution in [2.45, 2.75) is 71.6 Å². The van der Waals surface area contributed by atoms with E-state index in [0.717, 1.165) is 21.6 Å². The van der Waals surface area contributed by atoms with Crippen molar-refractivity contribution in [3.63, 3.8) is 0 Å². The Kier molecular flexibility index (Phi) is 11.5. The smallest absolute Gasteiger partial charge is 0.419 e. The maximum absolute atomic E-state index is 13.2. The van der Waals surface area contributed by atoms with Crippen LogP contribution in [0.2, 0.25) is 0 Å². The highest BCUT2D eigenvalue weighted by molar-refractivity contribution is 6.15. The number of imide groups is 1. The van der Waals surface area contributed by atoms with Gasteiger partial charge in [0.25, 0.3) is 0 Å². The molecule has 3 aromatic carbocycles. The summed E-state index contributed by atoms with van der Waals surface area (Å²) in [6.45, 7) is 12.3. The van der Waals surface area contributed by atoms with Crippen LogP contribution in [0.4, 0.5) is 9.59 Å². The maximum Gasteiger partial charge on any atom is 0.419 e. The Morgan fingerprint density at radius 3 is 1.57 bits per heavy atom. The molecule has 0 radical (unpaired) electrons. The topological polar surface area (TPSA) is 100.0 Å². The molecule has 4 rings (SSSR count). The quantitative estimate of drug-likeness (QED) is 0.0725. The van der Waals surface area contributed by atoms with Gasteiger partial charge in [0, 0.05) is 12.7 Å². The van der Waals surface area contributed by atoms with Crippen molar-refractivity contribution in [3.05, 3.63) is 132 Å². The number of allylic oxidation sites excluding steroid dienone is 1. The molecule has 4 aromatic rings. The van der Waals surface area contributed by atoms with E-state index in [9.17, 15) is 14.4 Å². The number of esters is 1. The van der Waals surface area contributed by atoms with Crippen LogP contribution in [0.3, 0.4) is 0 Å². The minimum atomic E-state index is -0.815. The van der Waals surface area contributed by atoms with Gasteiger partial charge < -0.3 is 18.8 Å². The number of hydrogen-bond acceptors (Lipinski definition) is 7. The minimum absolute atomic E-state index is 0.00233. The van der Waals surface area contributed by atoms with E-state index in [1.807, 2.05) is 72.3 Å². The summed E-state index contributed by atoms with van der Waals surface area (Å²) in [6.07, 6.45) is 4.04. The van der Waals surface area contributed by atoms with Crippen LogP contribution < -0.4 is 0 Å². The van der Waals surface area contributed by atoms with Crippen molar-refractivity contribution >= 4 is 23.7 Å². The normalized spacial score (nSPS) is 12.9. The lowest BCUT2D eigenvalue weighted by Gasteiger charge is -2.37. The van der Waals surface area contributed by atoms with Gasteiger partial charge in [0.05, 0.1) is 24.7 Å². The molecule has 2 amide bonds.